The molecule has 4 aliphatic rings. The zero-order valence-corrected chi connectivity index (χ0v) is 22.6. The fraction of sp³-hybridized carbons (Fsp3) is 0.846. The van der Waals surface area contributed by atoms with E-state index in [2.05, 4.69) is 52.1 Å². The van der Waals surface area contributed by atoms with Gasteiger partial charge in [0.05, 0.1) is 0 Å². The van der Waals surface area contributed by atoms with Gasteiger partial charge in [-0.1, -0.05) is 24.0 Å². The van der Waals surface area contributed by atoms with Gasteiger partial charge in [0.15, 0.2) is 16.6 Å². The summed E-state index contributed by atoms with van der Waals surface area (Å²) in [6.07, 6.45) is 18.0. The van der Waals surface area contributed by atoms with Gasteiger partial charge in [-0.3, -0.25) is 0 Å². The van der Waals surface area contributed by atoms with Crippen molar-refractivity contribution in [1.82, 2.24) is 0 Å². The Bertz CT molecular complexity index is 752. The molecule has 0 unspecified atom stereocenters. The van der Waals surface area contributed by atoms with Crippen LogP contribution < -0.4 is 0 Å². The molecule has 0 saturated heterocycles. The van der Waals surface area contributed by atoms with Gasteiger partial charge in [0, 0.05) is 11.5 Å². The van der Waals surface area contributed by atoms with Crippen molar-refractivity contribution in [3.63, 3.8) is 0 Å². The number of fused-ring (bicyclic) bond motifs is 4. The first kappa shape index (κ1) is 22.8. The average Bonchev–Trinajstić information content (AvgIpc) is 2.91. The predicted octanol–water partition coefficient (Wildman–Crippen LogP) is 7.15. The Morgan fingerprint density at radius 2 is 1.67 bits per heavy atom. The molecule has 0 bridgehead atoms. The van der Waals surface area contributed by atoms with Gasteiger partial charge in [-0.15, -0.1) is 6.42 Å². The number of allylic oxidation sites excluding steroid dienone is 1. The Morgan fingerprint density at radius 3 is 2.30 bits per heavy atom. The third-order valence-corrected chi connectivity index (χ3v) is 10.7. The molecule has 168 valence electrons. The van der Waals surface area contributed by atoms with Crippen LogP contribution in [0.1, 0.15) is 64.7 Å². The molecule has 0 aromatic carbocycles. The van der Waals surface area contributed by atoms with Crippen LogP contribution in [0.4, 0.5) is 0 Å². The van der Waals surface area contributed by atoms with Gasteiger partial charge in [0.1, 0.15) is 5.60 Å². The van der Waals surface area contributed by atoms with Crippen molar-refractivity contribution in [3.8, 4) is 12.3 Å². The molecule has 4 heteroatoms. The van der Waals surface area contributed by atoms with Crippen LogP contribution in [0.2, 0.25) is 39.3 Å². The third kappa shape index (κ3) is 3.94. The van der Waals surface area contributed by atoms with Crippen molar-refractivity contribution >= 4 is 16.6 Å². The van der Waals surface area contributed by atoms with Crippen molar-refractivity contribution in [3.05, 3.63) is 11.1 Å². The Labute approximate surface area is 187 Å². The average molecular weight is 445 g/mol. The molecule has 2 nitrogen and oxygen atoms in total. The topological polar surface area (TPSA) is 18.5 Å². The molecule has 2 fully saturated rings. The molecule has 0 radical (unpaired) electrons. The molecule has 0 N–H and O–H groups in total. The maximum absolute atomic E-state index is 6.83. The van der Waals surface area contributed by atoms with E-state index in [1.54, 1.807) is 5.57 Å². The lowest BCUT2D eigenvalue weighted by molar-refractivity contribution is -0.0612. The second-order valence-corrected chi connectivity index (χ2v) is 21.7. The van der Waals surface area contributed by atoms with Crippen molar-refractivity contribution in [1.29, 1.82) is 0 Å². The maximum Gasteiger partial charge on any atom is 0.185 e. The van der Waals surface area contributed by atoms with Crippen molar-refractivity contribution in [2.45, 2.75) is 116 Å². The molecule has 0 aliphatic heterocycles. The Hall–Kier alpha value is -0.346. The molecule has 4 rings (SSSR count). The highest BCUT2D eigenvalue weighted by Crippen LogP contribution is 2.65. The van der Waals surface area contributed by atoms with Gasteiger partial charge < -0.3 is 8.85 Å². The van der Waals surface area contributed by atoms with Crippen molar-refractivity contribution in [2.24, 2.45) is 23.2 Å². The summed E-state index contributed by atoms with van der Waals surface area (Å²) in [5, 5.41) is 0. The molecule has 2 saturated carbocycles. The predicted molar refractivity (Wildman–Crippen MR) is 131 cm³/mol. The summed E-state index contributed by atoms with van der Waals surface area (Å²) in [4.78, 5) is 0. The number of terminal acetylenes is 1. The molecular formula is C26H44O2Si2. The van der Waals surface area contributed by atoms with E-state index in [4.69, 9.17) is 15.3 Å². The zero-order chi connectivity index (χ0) is 21.9. The lowest BCUT2D eigenvalue weighted by Gasteiger charge is -2.55. The number of rotatable bonds is 4. The van der Waals surface area contributed by atoms with Crippen LogP contribution in [0.15, 0.2) is 11.1 Å². The minimum atomic E-state index is -1.70. The fourth-order valence-electron chi connectivity index (χ4n) is 7.73. The highest BCUT2D eigenvalue weighted by Gasteiger charge is 2.63. The van der Waals surface area contributed by atoms with E-state index in [9.17, 15) is 0 Å². The highest BCUT2D eigenvalue weighted by atomic mass is 28.4. The lowest BCUT2D eigenvalue weighted by atomic mass is 9.52. The Morgan fingerprint density at radius 1 is 0.933 bits per heavy atom. The summed E-state index contributed by atoms with van der Waals surface area (Å²) >= 11 is 0. The Balaban J connectivity index is 1.55. The van der Waals surface area contributed by atoms with E-state index < -0.39 is 16.6 Å². The van der Waals surface area contributed by atoms with E-state index >= 15 is 0 Å². The summed E-state index contributed by atoms with van der Waals surface area (Å²) in [5.74, 6) is 5.59. The van der Waals surface area contributed by atoms with Gasteiger partial charge in [-0.05, 0) is 115 Å². The standard InChI is InChI=1S/C26H44O2Si2/c1-9-26(28-30(6,7)8)17-15-24-23-12-10-19-18-20(27-29(3,4)5)11-13-21(19)22(23)14-16-25(24,26)2/h1,20,22-24H,10-18H2,2-8H3/t20-,22+,23+,24-,25-,26-/m0/s1. The van der Waals surface area contributed by atoms with Gasteiger partial charge >= 0.3 is 0 Å². The summed E-state index contributed by atoms with van der Waals surface area (Å²) in [5.41, 5.74) is 3.44. The third-order valence-electron chi connectivity index (χ3n) is 8.68. The quantitative estimate of drug-likeness (QED) is 0.260. The lowest BCUT2D eigenvalue weighted by Crippen LogP contribution is -2.55. The van der Waals surface area contributed by atoms with Gasteiger partial charge in [0.2, 0.25) is 0 Å². The van der Waals surface area contributed by atoms with Crippen LogP contribution in [0, 0.1) is 35.5 Å². The van der Waals surface area contributed by atoms with Crippen LogP contribution in [-0.4, -0.2) is 28.3 Å². The molecule has 0 aromatic heterocycles. The summed E-state index contributed by atoms with van der Waals surface area (Å²) < 4.78 is 13.3. The monoisotopic (exact) mass is 444 g/mol. The normalized spacial score (nSPS) is 41.7. The van der Waals surface area contributed by atoms with Gasteiger partial charge in [-0.2, -0.15) is 0 Å². The maximum atomic E-state index is 6.83. The summed E-state index contributed by atoms with van der Waals surface area (Å²) in [6.45, 7) is 16.4. The second-order valence-electron chi connectivity index (χ2n) is 12.8. The fourth-order valence-corrected chi connectivity index (χ4v) is 10.4. The van der Waals surface area contributed by atoms with Gasteiger partial charge in [0.25, 0.3) is 0 Å². The molecule has 0 amide bonds. The minimum Gasteiger partial charge on any atom is -0.414 e. The largest absolute Gasteiger partial charge is 0.414 e. The molecule has 0 aromatic rings. The number of hydrogen-bond donors (Lipinski definition) is 0. The van der Waals surface area contributed by atoms with E-state index in [0.717, 1.165) is 24.2 Å². The summed E-state index contributed by atoms with van der Waals surface area (Å²) in [7, 11) is -3.16. The van der Waals surface area contributed by atoms with E-state index in [-0.39, 0.29) is 11.0 Å². The SMILES string of the molecule is C#C[C@]1(O[Si](C)(C)C)CC[C@H]2[C@@H]3CCC4=C(CC[C@H](O[Si](C)(C)C)C4)[C@H]3CC[C@@]21C. The van der Waals surface area contributed by atoms with Gasteiger partial charge in [-0.25, -0.2) is 0 Å². The second kappa shape index (κ2) is 7.61. The van der Waals surface area contributed by atoms with E-state index in [1.165, 1.54) is 51.4 Å². The molecular weight excluding hydrogens is 400 g/mol. The smallest absolute Gasteiger partial charge is 0.185 e. The van der Waals surface area contributed by atoms with Crippen molar-refractivity contribution < 1.29 is 8.85 Å². The van der Waals surface area contributed by atoms with Crippen LogP contribution in [0.3, 0.4) is 0 Å². The molecule has 4 aliphatic carbocycles. The Kier molecular flexibility index (Phi) is 5.79. The first-order valence-electron chi connectivity index (χ1n) is 12.4. The van der Waals surface area contributed by atoms with E-state index in [0.29, 0.717) is 6.10 Å². The first-order chi connectivity index (χ1) is 13.9. The minimum absolute atomic E-state index is 0.152. The van der Waals surface area contributed by atoms with Crippen LogP contribution >= 0.6 is 0 Å². The van der Waals surface area contributed by atoms with E-state index in [1.807, 2.05) is 5.57 Å². The van der Waals surface area contributed by atoms with Crippen LogP contribution in [0.5, 0.6) is 0 Å². The molecule has 6 atom stereocenters. The first-order valence-corrected chi connectivity index (χ1v) is 19.3. The highest BCUT2D eigenvalue weighted by molar-refractivity contribution is 6.70. The zero-order valence-electron chi connectivity index (χ0n) is 20.6. The summed E-state index contributed by atoms with van der Waals surface area (Å²) in [6, 6.07) is 0. The molecule has 0 heterocycles. The van der Waals surface area contributed by atoms with Crippen molar-refractivity contribution in [2.75, 3.05) is 0 Å². The molecule has 30 heavy (non-hydrogen) atoms. The van der Waals surface area contributed by atoms with Crippen LogP contribution in [-0.2, 0) is 8.85 Å². The molecule has 0 spiro atoms. The number of hydrogen-bond acceptors (Lipinski definition) is 2. The van der Waals surface area contributed by atoms with Crippen LogP contribution in [0.25, 0.3) is 0 Å².